The lowest BCUT2D eigenvalue weighted by Gasteiger charge is -2.06. The third kappa shape index (κ3) is 3.05. The average Bonchev–Trinajstić information content (AvgIpc) is 2.70. The summed E-state index contributed by atoms with van der Waals surface area (Å²) < 4.78 is 0.939. The van der Waals surface area contributed by atoms with Crippen LogP contribution in [0, 0.1) is 5.92 Å². The molecule has 0 spiro atoms. The number of carbonyl (C=O) groups excluding carboxylic acids is 1. The molecule has 1 unspecified atom stereocenters. The minimum atomic E-state index is 0.272. The first kappa shape index (κ1) is 11.1. The number of rotatable bonds is 3. The molecule has 0 saturated carbocycles. The van der Waals surface area contributed by atoms with Crippen LogP contribution in [-0.4, -0.2) is 22.3 Å². The second-order valence-corrected chi connectivity index (χ2v) is 5.78. The first-order valence-corrected chi connectivity index (χ1v) is 6.90. The molecule has 1 fully saturated rings. The lowest BCUT2D eigenvalue weighted by molar-refractivity contribution is -0.121. The van der Waals surface area contributed by atoms with Gasteiger partial charge in [-0.25, -0.2) is 0 Å². The van der Waals surface area contributed by atoms with Gasteiger partial charge in [-0.2, -0.15) is 11.8 Å². The van der Waals surface area contributed by atoms with Crippen molar-refractivity contribution in [1.82, 2.24) is 4.98 Å². The van der Waals surface area contributed by atoms with E-state index in [1.807, 2.05) is 17.8 Å². The monoisotopic (exact) mass is 285 g/mol. The van der Waals surface area contributed by atoms with Crippen molar-refractivity contribution < 1.29 is 4.79 Å². The first-order chi connectivity index (χ1) is 7.25. The number of hydrogen-bond donors (Lipinski definition) is 0. The number of hydrogen-bond acceptors (Lipinski definition) is 3. The molecule has 4 heteroatoms. The van der Waals surface area contributed by atoms with Gasteiger partial charge in [0, 0.05) is 35.0 Å². The number of ketones is 1. The summed E-state index contributed by atoms with van der Waals surface area (Å²) in [5.74, 6) is 2.77. The zero-order valence-electron chi connectivity index (χ0n) is 8.28. The number of halogens is 1. The molecule has 80 valence electrons. The predicted molar refractivity (Wildman–Crippen MR) is 66.1 cm³/mol. The zero-order valence-corrected chi connectivity index (χ0v) is 10.7. The van der Waals surface area contributed by atoms with E-state index < -0.39 is 0 Å². The van der Waals surface area contributed by atoms with Crippen LogP contribution < -0.4 is 0 Å². The number of aromatic nitrogens is 1. The Bertz CT molecular complexity index is 363. The van der Waals surface area contributed by atoms with E-state index in [0.29, 0.717) is 12.2 Å². The molecule has 1 aliphatic rings. The number of pyridine rings is 1. The van der Waals surface area contributed by atoms with E-state index in [-0.39, 0.29) is 5.92 Å². The highest BCUT2D eigenvalue weighted by Crippen LogP contribution is 2.25. The molecule has 1 aromatic heterocycles. The van der Waals surface area contributed by atoms with Gasteiger partial charge < -0.3 is 0 Å². The molecule has 0 N–H and O–H groups in total. The van der Waals surface area contributed by atoms with Crippen LogP contribution in [0.1, 0.15) is 12.0 Å². The molecule has 1 atom stereocenters. The van der Waals surface area contributed by atoms with Crippen LogP contribution in [0.15, 0.2) is 22.9 Å². The molecule has 0 aliphatic carbocycles. The van der Waals surface area contributed by atoms with Gasteiger partial charge in [-0.3, -0.25) is 9.78 Å². The van der Waals surface area contributed by atoms with E-state index in [1.165, 1.54) is 0 Å². The van der Waals surface area contributed by atoms with Crippen LogP contribution in [0.5, 0.6) is 0 Å². The van der Waals surface area contributed by atoms with E-state index in [4.69, 9.17) is 0 Å². The summed E-state index contributed by atoms with van der Waals surface area (Å²) in [4.78, 5) is 15.9. The first-order valence-electron chi connectivity index (χ1n) is 4.95. The summed E-state index contributed by atoms with van der Waals surface area (Å²) in [6, 6.07) is 1.97. The van der Waals surface area contributed by atoms with Gasteiger partial charge >= 0.3 is 0 Å². The second kappa shape index (κ2) is 5.12. The summed E-state index contributed by atoms with van der Waals surface area (Å²) in [6.07, 6.45) is 5.08. The third-order valence-electron chi connectivity index (χ3n) is 2.52. The van der Waals surface area contributed by atoms with Gasteiger partial charge in [0.2, 0.25) is 0 Å². The van der Waals surface area contributed by atoms with Crippen LogP contribution in [-0.2, 0) is 11.2 Å². The van der Waals surface area contributed by atoms with Gasteiger partial charge in [0.25, 0.3) is 0 Å². The van der Waals surface area contributed by atoms with E-state index in [1.54, 1.807) is 12.4 Å². The van der Waals surface area contributed by atoms with Gasteiger partial charge in [-0.05, 0) is 39.7 Å². The van der Waals surface area contributed by atoms with Gasteiger partial charge in [0.15, 0.2) is 0 Å². The van der Waals surface area contributed by atoms with Gasteiger partial charge in [0.05, 0.1) is 0 Å². The van der Waals surface area contributed by atoms with Crippen LogP contribution >= 0.6 is 27.7 Å². The molecule has 1 aromatic rings. The molecule has 2 rings (SSSR count). The second-order valence-electron chi connectivity index (χ2n) is 3.72. The maximum atomic E-state index is 11.9. The Morgan fingerprint density at radius 1 is 1.60 bits per heavy atom. The van der Waals surface area contributed by atoms with Gasteiger partial charge in [-0.1, -0.05) is 0 Å². The molecular weight excluding hydrogens is 274 g/mol. The number of thioether (sulfide) groups is 1. The summed E-state index contributed by atoms with van der Waals surface area (Å²) in [5, 5.41) is 0. The highest BCUT2D eigenvalue weighted by Gasteiger charge is 2.22. The summed E-state index contributed by atoms with van der Waals surface area (Å²) in [7, 11) is 0. The van der Waals surface area contributed by atoms with Crippen molar-refractivity contribution in [2.75, 3.05) is 11.5 Å². The van der Waals surface area contributed by atoms with E-state index in [0.717, 1.165) is 28.0 Å². The zero-order chi connectivity index (χ0) is 10.7. The van der Waals surface area contributed by atoms with Crippen molar-refractivity contribution >= 4 is 33.5 Å². The van der Waals surface area contributed by atoms with Crippen molar-refractivity contribution in [2.24, 2.45) is 5.92 Å². The van der Waals surface area contributed by atoms with E-state index in [2.05, 4.69) is 20.9 Å². The number of carbonyl (C=O) groups is 1. The van der Waals surface area contributed by atoms with Crippen molar-refractivity contribution in [3.05, 3.63) is 28.5 Å². The Hall–Kier alpha value is -0.350. The van der Waals surface area contributed by atoms with Crippen LogP contribution in [0.25, 0.3) is 0 Å². The molecule has 2 nitrogen and oxygen atoms in total. The standard InChI is InChI=1S/C11H12BrNOS/c12-10-3-8(5-13-6-10)4-11(14)9-1-2-15-7-9/h3,5-6,9H,1-2,4,7H2. The summed E-state index contributed by atoms with van der Waals surface area (Å²) >= 11 is 5.24. The third-order valence-corrected chi connectivity index (χ3v) is 4.12. The van der Waals surface area contributed by atoms with Gasteiger partial charge in [-0.15, -0.1) is 0 Å². The van der Waals surface area contributed by atoms with Crippen molar-refractivity contribution in [3.63, 3.8) is 0 Å². The topological polar surface area (TPSA) is 30.0 Å². The Morgan fingerprint density at radius 3 is 3.13 bits per heavy atom. The number of nitrogens with zero attached hydrogens (tertiary/aromatic N) is 1. The van der Waals surface area contributed by atoms with Gasteiger partial charge in [0.1, 0.15) is 5.78 Å². The summed E-state index contributed by atoms with van der Waals surface area (Å²) in [5.41, 5.74) is 1.01. The minimum absolute atomic E-state index is 0.272. The van der Waals surface area contributed by atoms with Crippen LogP contribution in [0.4, 0.5) is 0 Å². The normalized spacial score (nSPS) is 20.5. The fourth-order valence-electron chi connectivity index (χ4n) is 1.69. The minimum Gasteiger partial charge on any atom is -0.299 e. The Labute approximate surface area is 102 Å². The fourth-order valence-corrected chi connectivity index (χ4v) is 3.35. The fraction of sp³-hybridized carbons (Fsp3) is 0.455. The molecule has 1 aliphatic heterocycles. The Morgan fingerprint density at radius 2 is 2.47 bits per heavy atom. The quantitative estimate of drug-likeness (QED) is 0.855. The highest BCUT2D eigenvalue weighted by atomic mass is 79.9. The van der Waals surface area contributed by atoms with E-state index >= 15 is 0 Å². The molecular formula is C11H12BrNOS. The SMILES string of the molecule is O=C(Cc1cncc(Br)c1)C1CCSC1. The molecule has 0 aromatic carbocycles. The summed E-state index contributed by atoms with van der Waals surface area (Å²) in [6.45, 7) is 0. The lowest BCUT2D eigenvalue weighted by atomic mass is 9.98. The molecule has 0 radical (unpaired) electrons. The lowest BCUT2D eigenvalue weighted by Crippen LogP contribution is -2.16. The highest BCUT2D eigenvalue weighted by molar-refractivity contribution is 9.10. The largest absolute Gasteiger partial charge is 0.299 e. The van der Waals surface area contributed by atoms with Crippen LogP contribution in [0.3, 0.4) is 0 Å². The number of Topliss-reactive ketones (excluding diaryl/α,β-unsaturated/α-hetero) is 1. The van der Waals surface area contributed by atoms with Crippen molar-refractivity contribution in [2.45, 2.75) is 12.8 Å². The molecule has 0 bridgehead atoms. The van der Waals surface area contributed by atoms with Crippen LogP contribution in [0.2, 0.25) is 0 Å². The average molecular weight is 286 g/mol. The Balaban J connectivity index is 1.99. The Kier molecular flexibility index (Phi) is 3.81. The van der Waals surface area contributed by atoms with E-state index in [9.17, 15) is 4.79 Å². The predicted octanol–water partition coefficient (Wildman–Crippen LogP) is 2.71. The maximum absolute atomic E-state index is 11.9. The molecule has 0 amide bonds. The maximum Gasteiger partial charge on any atom is 0.141 e. The smallest absolute Gasteiger partial charge is 0.141 e. The molecule has 2 heterocycles. The van der Waals surface area contributed by atoms with Crippen molar-refractivity contribution in [3.8, 4) is 0 Å². The molecule has 1 saturated heterocycles. The van der Waals surface area contributed by atoms with Crippen molar-refractivity contribution in [1.29, 1.82) is 0 Å². The molecule has 15 heavy (non-hydrogen) atoms.